The maximum absolute atomic E-state index is 6.69. The summed E-state index contributed by atoms with van der Waals surface area (Å²) in [6, 6.07) is 59.5. The molecule has 50 heavy (non-hydrogen) atoms. The van der Waals surface area contributed by atoms with Gasteiger partial charge in [0.25, 0.3) is 0 Å². The van der Waals surface area contributed by atoms with E-state index in [4.69, 9.17) is 4.42 Å². The van der Waals surface area contributed by atoms with Crippen molar-refractivity contribution in [1.29, 1.82) is 0 Å². The summed E-state index contributed by atoms with van der Waals surface area (Å²) in [6.07, 6.45) is 0. The number of thiophene rings is 2. The second-order valence-corrected chi connectivity index (χ2v) is 15.1. The van der Waals surface area contributed by atoms with Crippen LogP contribution in [0.3, 0.4) is 0 Å². The van der Waals surface area contributed by atoms with Crippen LogP contribution in [0.1, 0.15) is 0 Å². The molecule has 3 aromatic heterocycles. The van der Waals surface area contributed by atoms with Gasteiger partial charge in [0.15, 0.2) is 0 Å². The van der Waals surface area contributed by atoms with Gasteiger partial charge in [-0.2, -0.15) is 0 Å². The molecular weight excluding hydrogens is 647 g/mol. The fourth-order valence-corrected chi connectivity index (χ4v) is 9.92. The highest BCUT2D eigenvalue weighted by Gasteiger charge is 2.18. The van der Waals surface area contributed by atoms with E-state index in [-0.39, 0.29) is 0 Å². The minimum atomic E-state index is 0.924. The first-order chi connectivity index (χ1) is 24.8. The van der Waals surface area contributed by atoms with Gasteiger partial charge in [-0.1, -0.05) is 103 Å². The molecule has 0 radical (unpaired) electrons. The SMILES string of the molecule is c1ccc2c(c1)ccc1c3cccc(-c4ccc(N(c5ccc6c(c5)sc5ccccc56)c5ccc6sc7ccccc7c6c5)cc4)c3oc21. The lowest BCUT2D eigenvalue weighted by atomic mass is 10.0. The zero-order valence-corrected chi connectivity index (χ0v) is 28.4. The molecule has 0 atom stereocenters. The van der Waals surface area contributed by atoms with Crippen molar-refractivity contribution in [1.82, 2.24) is 0 Å². The third-order valence-corrected chi connectivity index (χ3v) is 12.3. The highest BCUT2D eigenvalue weighted by Crippen LogP contribution is 2.44. The number of nitrogens with zero attached hydrogens (tertiary/aromatic N) is 1. The molecule has 0 unspecified atom stereocenters. The molecule has 11 rings (SSSR count). The quantitative estimate of drug-likeness (QED) is 0.185. The molecule has 8 aromatic carbocycles. The monoisotopic (exact) mass is 673 g/mol. The Morgan fingerprint density at radius 1 is 0.360 bits per heavy atom. The van der Waals surface area contributed by atoms with Crippen LogP contribution in [0, 0.1) is 0 Å². The lowest BCUT2D eigenvalue weighted by molar-refractivity contribution is 0.674. The minimum Gasteiger partial charge on any atom is -0.455 e. The Kier molecular flexibility index (Phi) is 6.03. The Hall–Kier alpha value is -5.94. The summed E-state index contributed by atoms with van der Waals surface area (Å²) in [5.41, 5.74) is 7.48. The maximum atomic E-state index is 6.69. The summed E-state index contributed by atoms with van der Waals surface area (Å²) in [4.78, 5) is 2.40. The van der Waals surface area contributed by atoms with Gasteiger partial charge in [0.2, 0.25) is 0 Å². The summed E-state index contributed by atoms with van der Waals surface area (Å²) in [5.74, 6) is 0. The van der Waals surface area contributed by atoms with Crippen molar-refractivity contribution in [2.45, 2.75) is 0 Å². The van der Waals surface area contributed by atoms with Crippen molar-refractivity contribution in [2.75, 3.05) is 4.90 Å². The van der Waals surface area contributed by atoms with Gasteiger partial charge in [-0.05, 0) is 71.6 Å². The molecule has 4 heteroatoms. The topological polar surface area (TPSA) is 16.4 Å². The van der Waals surface area contributed by atoms with Crippen LogP contribution in [0.15, 0.2) is 168 Å². The smallest absolute Gasteiger partial charge is 0.143 e. The summed E-state index contributed by atoms with van der Waals surface area (Å²) < 4.78 is 11.9. The van der Waals surface area contributed by atoms with Crippen LogP contribution in [0.5, 0.6) is 0 Å². The average Bonchev–Trinajstić information content (AvgIpc) is 3.86. The molecule has 0 aliphatic heterocycles. The second kappa shape index (κ2) is 10.8. The zero-order valence-electron chi connectivity index (χ0n) is 26.8. The highest BCUT2D eigenvalue weighted by atomic mass is 32.1. The number of furan rings is 1. The van der Waals surface area contributed by atoms with E-state index in [0.29, 0.717) is 0 Å². The van der Waals surface area contributed by atoms with Gasteiger partial charge in [0, 0.05) is 79.1 Å². The molecular formula is C46H27NOS2. The van der Waals surface area contributed by atoms with Gasteiger partial charge in [-0.3, -0.25) is 0 Å². The van der Waals surface area contributed by atoms with Gasteiger partial charge < -0.3 is 9.32 Å². The first-order valence-corrected chi connectivity index (χ1v) is 18.5. The number of hydrogen-bond acceptors (Lipinski definition) is 4. The van der Waals surface area contributed by atoms with Crippen LogP contribution in [0.2, 0.25) is 0 Å². The molecule has 0 aliphatic rings. The van der Waals surface area contributed by atoms with E-state index in [2.05, 4.69) is 169 Å². The van der Waals surface area contributed by atoms with Crippen LogP contribution in [-0.4, -0.2) is 0 Å². The lowest BCUT2D eigenvalue weighted by Gasteiger charge is -2.26. The number of hydrogen-bond donors (Lipinski definition) is 0. The summed E-state index contributed by atoms with van der Waals surface area (Å²) >= 11 is 3.71. The Labute approximate surface area is 295 Å². The van der Waals surface area contributed by atoms with E-state index in [0.717, 1.165) is 55.5 Å². The number of benzene rings is 8. The molecule has 2 nitrogen and oxygen atoms in total. The number of fused-ring (bicyclic) bond motifs is 11. The lowest BCUT2D eigenvalue weighted by Crippen LogP contribution is -2.09. The van der Waals surface area contributed by atoms with Crippen molar-refractivity contribution in [2.24, 2.45) is 0 Å². The van der Waals surface area contributed by atoms with E-state index in [1.807, 2.05) is 22.7 Å². The molecule has 0 N–H and O–H groups in total. The van der Waals surface area contributed by atoms with Gasteiger partial charge in [0.05, 0.1) is 0 Å². The Morgan fingerprint density at radius 3 is 1.78 bits per heavy atom. The molecule has 0 aliphatic carbocycles. The predicted molar refractivity (Wildman–Crippen MR) is 217 cm³/mol. The Bertz CT molecular complexity index is 3110. The third-order valence-electron chi connectivity index (χ3n) is 10.1. The molecule has 0 saturated carbocycles. The zero-order chi connectivity index (χ0) is 32.8. The number of para-hydroxylation sites is 1. The number of rotatable bonds is 4. The van der Waals surface area contributed by atoms with E-state index in [1.54, 1.807) is 0 Å². The highest BCUT2D eigenvalue weighted by molar-refractivity contribution is 7.26. The molecule has 3 heterocycles. The maximum Gasteiger partial charge on any atom is 0.143 e. The second-order valence-electron chi connectivity index (χ2n) is 12.9. The summed E-state index contributed by atoms with van der Waals surface area (Å²) in [5, 5.41) is 9.83. The van der Waals surface area contributed by atoms with Gasteiger partial charge in [-0.15, -0.1) is 22.7 Å². The molecule has 11 aromatic rings. The Balaban J connectivity index is 1.08. The molecule has 0 fully saturated rings. The van der Waals surface area contributed by atoms with Crippen LogP contribution in [-0.2, 0) is 0 Å². The fraction of sp³-hybridized carbons (Fsp3) is 0. The van der Waals surface area contributed by atoms with Gasteiger partial charge in [0.1, 0.15) is 11.2 Å². The molecule has 0 spiro atoms. The summed E-state index contributed by atoms with van der Waals surface area (Å²) in [6.45, 7) is 0. The first-order valence-electron chi connectivity index (χ1n) is 16.8. The van der Waals surface area contributed by atoms with Crippen LogP contribution in [0.4, 0.5) is 17.1 Å². The van der Waals surface area contributed by atoms with Crippen molar-refractivity contribution < 1.29 is 4.42 Å². The normalized spacial score (nSPS) is 12.0. The minimum absolute atomic E-state index is 0.924. The fourth-order valence-electron chi connectivity index (χ4n) is 7.70. The van der Waals surface area contributed by atoms with Gasteiger partial charge in [-0.25, -0.2) is 0 Å². The third kappa shape index (κ3) is 4.19. The molecule has 234 valence electrons. The average molecular weight is 674 g/mol. The van der Waals surface area contributed by atoms with Gasteiger partial charge >= 0.3 is 0 Å². The van der Waals surface area contributed by atoms with E-state index in [9.17, 15) is 0 Å². The van der Waals surface area contributed by atoms with E-state index < -0.39 is 0 Å². The molecule has 0 saturated heterocycles. The number of anilines is 3. The van der Waals surface area contributed by atoms with Crippen molar-refractivity contribution in [3.63, 3.8) is 0 Å². The standard InChI is InChI=1S/C46H27NOS2/c1-2-9-33-28(8-1)18-23-39-38-13-7-12-34(45(38)48-46(33)39)29-16-19-30(20-17-29)47(31-22-25-43-40(26-31)36-11-4-6-15-42(36)49-43)32-21-24-37-35-10-3-5-14-41(35)50-44(37)27-32/h1-27H. The van der Waals surface area contributed by atoms with Crippen LogP contribution >= 0.6 is 22.7 Å². The van der Waals surface area contributed by atoms with E-state index in [1.165, 1.54) is 45.7 Å². The first kappa shape index (κ1) is 28.0. The molecule has 0 amide bonds. The van der Waals surface area contributed by atoms with Crippen LogP contribution < -0.4 is 4.90 Å². The summed E-state index contributed by atoms with van der Waals surface area (Å²) in [7, 11) is 0. The van der Waals surface area contributed by atoms with Crippen molar-refractivity contribution >= 4 is 113 Å². The predicted octanol–water partition coefficient (Wildman–Crippen LogP) is 14.6. The van der Waals surface area contributed by atoms with Crippen molar-refractivity contribution in [3.8, 4) is 11.1 Å². The molecule has 0 bridgehead atoms. The Morgan fingerprint density at radius 2 is 0.940 bits per heavy atom. The van der Waals surface area contributed by atoms with Crippen molar-refractivity contribution in [3.05, 3.63) is 164 Å². The largest absolute Gasteiger partial charge is 0.455 e. The van der Waals surface area contributed by atoms with Crippen LogP contribution in [0.25, 0.3) is 84.2 Å². The van der Waals surface area contributed by atoms with E-state index >= 15 is 0 Å².